The number of benzene rings is 1. The molecule has 144 valence electrons. The molecule has 0 radical (unpaired) electrons. The standard InChI is InChI=1S/C20H19FN4O3/c1-14(19(26)24(2)12-15-5-3-6-17(21)9-15)28-20(27)16-10-23-25(13-16)18-7-4-8-22-11-18/h3-11,13-14H,12H2,1-2H3/t14-/m1/s1. The van der Waals surface area contributed by atoms with Crippen molar-refractivity contribution >= 4 is 11.9 Å². The van der Waals surface area contributed by atoms with E-state index < -0.39 is 18.0 Å². The number of carbonyl (C=O) groups is 2. The first-order chi connectivity index (χ1) is 13.4. The molecule has 28 heavy (non-hydrogen) atoms. The largest absolute Gasteiger partial charge is 0.449 e. The number of amides is 1. The Balaban J connectivity index is 1.60. The van der Waals surface area contributed by atoms with E-state index in [-0.39, 0.29) is 17.9 Å². The number of aromatic nitrogens is 3. The highest BCUT2D eigenvalue weighted by Crippen LogP contribution is 2.11. The molecule has 3 rings (SSSR count). The molecule has 0 saturated carbocycles. The molecule has 0 N–H and O–H groups in total. The van der Waals surface area contributed by atoms with Gasteiger partial charge in [0.2, 0.25) is 0 Å². The Bertz CT molecular complexity index is 974. The number of pyridine rings is 1. The number of hydrogen-bond donors (Lipinski definition) is 0. The normalized spacial score (nSPS) is 11.7. The van der Waals surface area contributed by atoms with Crippen molar-refractivity contribution in [2.24, 2.45) is 0 Å². The zero-order chi connectivity index (χ0) is 20.1. The van der Waals surface area contributed by atoms with Gasteiger partial charge < -0.3 is 9.64 Å². The summed E-state index contributed by atoms with van der Waals surface area (Å²) in [5.41, 5.74) is 1.56. The third-order valence-corrected chi connectivity index (χ3v) is 4.05. The Morgan fingerprint density at radius 1 is 1.25 bits per heavy atom. The SMILES string of the molecule is C[C@@H](OC(=O)c1cnn(-c2cccnc2)c1)C(=O)N(C)Cc1cccc(F)c1. The molecule has 2 aromatic heterocycles. The van der Waals surface area contributed by atoms with E-state index in [1.165, 1.54) is 41.0 Å². The molecule has 3 aromatic rings. The van der Waals surface area contributed by atoms with Gasteiger partial charge in [0.25, 0.3) is 5.91 Å². The molecule has 0 spiro atoms. The molecule has 0 saturated heterocycles. The first kappa shape index (κ1) is 19.2. The van der Waals surface area contributed by atoms with Gasteiger partial charge in [-0.05, 0) is 36.8 Å². The van der Waals surface area contributed by atoms with Gasteiger partial charge in [-0.15, -0.1) is 0 Å². The van der Waals surface area contributed by atoms with Gasteiger partial charge in [0, 0.05) is 26.0 Å². The van der Waals surface area contributed by atoms with E-state index in [1.54, 1.807) is 43.7 Å². The van der Waals surface area contributed by atoms with Crippen molar-refractivity contribution in [2.45, 2.75) is 19.6 Å². The van der Waals surface area contributed by atoms with Crippen LogP contribution in [0.25, 0.3) is 5.69 Å². The summed E-state index contributed by atoms with van der Waals surface area (Å²) in [4.78, 5) is 30.1. The first-order valence-electron chi connectivity index (χ1n) is 8.59. The summed E-state index contributed by atoms with van der Waals surface area (Å²) in [6.07, 6.45) is 5.12. The fraction of sp³-hybridized carbons (Fsp3) is 0.200. The molecule has 8 heteroatoms. The Kier molecular flexibility index (Phi) is 5.78. The van der Waals surface area contributed by atoms with Gasteiger partial charge >= 0.3 is 5.97 Å². The van der Waals surface area contributed by atoms with Crippen molar-refractivity contribution in [2.75, 3.05) is 7.05 Å². The number of esters is 1. The second-order valence-corrected chi connectivity index (χ2v) is 6.26. The van der Waals surface area contributed by atoms with Crippen LogP contribution in [0.1, 0.15) is 22.8 Å². The molecule has 0 aliphatic rings. The number of hydrogen-bond acceptors (Lipinski definition) is 5. The van der Waals surface area contributed by atoms with Gasteiger partial charge in [0.15, 0.2) is 6.10 Å². The maximum Gasteiger partial charge on any atom is 0.342 e. The molecule has 1 amide bonds. The molecule has 0 aliphatic carbocycles. The Hall–Kier alpha value is -3.55. The van der Waals surface area contributed by atoms with Crippen molar-refractivity contribution < 1.29 is 18.7 Å². The first-order valence-corrected chi connectivity index (χ1v) is 8.59. The summed E-state index contributed by atoms with van der Waals surface area (Å²) in [7, 11) is 1.57. The number of ether oxygens (including phenoxy) is 1. The smallest absolute Gasteiger partial charge is 0.342 e. The van der Waals surface area contributed by atoms with Crippen LogP contribution in [-0.4, -0.2) is 44.7 Å². The number of nitrogens with zero attached hydrogens (tertiary/aromatic N) is 4. The van der Waals surface area contributed by atoms with Gasteiger partial charge in [0.1, 0.15) is 5.82 Å². The third-order valence-electron chi connectivity index (χ3n) is 4.05. The quantitative estimate of drug-likeness (QED) is 0.613. The van der Waals surface area contributed by atoms with Gasteiger partial charge in [-0.3, -0.25) is 9.78 Å². The van der Waals surface area contributed by atoms with Gasteiger partial charge in [-0.2, -0.15) is 5.10 Å². The summed E-state index contributed by atoms with van der Waals surface area (Å²) in [5.74, 6) is -1.42. The van der Waals surface area contributed by atoms with Crippen LogP contribution in [0.2, 0.25) is 0 Å². The van der Waals surface area contributed by atoms with E-state index in [0.717, 1.165) is 0 Å². The lowest BCUT2D eigenvalue weighted by Crippen LogP contribution is -2.37. The van der Waals surface area contributed by atoms with E-state index in [4.69, 9.17) is 4.74 Å². The van der Waals surface area contributed by atoms with Crippen molar-refractivity contribution in [3.63, 3.8) is 0 Å². The predicted octanol–water partition coefficient (Wildman–Crippen LogP) is 2.61. The minimum absolute atomic E-state index is 0.206. The monoisotopic (exact) mass is 382 g/mol. The second-order valence-electron chi connectivity index (χ2n) is 6.26. The molecule has 0 aliphatic heterocycles. The van der Waals surface area contributed by atoms with Crippen LogP contribution < -0.4 is 0 Å². The van der Waals surface area contributed by atoms with Crippen LogP contribution in [-0.2, 0) is 16.1 Å². The number of halogens is 1. The van der Waals surface area contributed by atoms with Crippen LogP contribution in [0.3, 0.4) is 0 Å². The van der Waals surface area contributed by atoms with Gasteiger partial charge in [-0.1, -0.05) is 12.1 Å². The second kappa shape index (κ2) is 8.43. The summed E-state index contributed by atoms with van der Waals surface area (Å²) in [6, 6.07) is 9.53. The molecular formula is C20H19FN4O3. The average Bonchev–Trinajstić information content (AvgIpc) is 3.18. The fourth-order valence-corrected chi connectivity index (χ4v) is 2.64. The van der Waals surface area contributed by atoms with Crippen LogP contribution in [0.4, 0.5) is 4.39 Å². The Morgan fingerprint density at radius 2 is 2.07 bits per heavy atom. The van der Waals surface area contributed by atoms with E-state index >= 15 is 0 Å². The van der Waals surface area contributed by atoms with Crippen LogP contribution >= 0.6 is 0 Å². The lowest BCUT2D eigenvalue weighted by molar-refractivity contribution is -0.139. The molecule has 0 bridgehead atoms. The third kappa shape index (κ3) is 4.59. The van der Waals surface area contributed by atoms with Gasteiger partial charge in [0.05, 0.1) is 23.6 Å². The molecule has 1 atom stereocenters. The highest BCUT2D eigenvalue weighted by molar-refractivity contribution is 5.91. The van der Waals surface area contributed by atoms with E-state index in [1.807, 2.05) is 0 Å². The molecular weight excluding hydrogens is 363 g/mol. The van der Waals surface area contributed by atoms with Crippen LogP contribution in [0, 0.1) is 5.82 Å². The van der Waals surface area contributed by atoms with Crippen molar-refractivity contribution in [1.82, 2.24) is 19.7 Å². The van der Waals surface area contributed by atoms with Crippen molar-refractivity contribution in [3.05, 3.63) is 78.1 Å². The van der Waals surface area contributed by atoms with Gasteiger partial charge in [-0.25, -0.2) is 13.9 Å². The van der Waals surface area contributed by atoms with E-state index in [2.05, 4.69) is 10.1 Å². The van der Waals surface area contributed by atoms with E-state index in [9.17, 15) is 14.0 Å². The number of carbonyl (C=O) groups excluding carboxylic acids is 2. The molecule has 0 fully saturated rings. The Morgan fingerprint density at radius 3 is 2.79 bits per heavy atom. The summed E-state index contributed by atoms with van der Waals surface area (Å²) in [6.45, 7) is 1.70. The minimum atomic E-state index is -0.993. The van der Waals surface area contributed by atoms with Crippen molar-refractivity contribution in [1.29, 1.82) is 0 Å². The summed E-state index contributed by atoms with van der Waals surface area (Å²) < 4.78 is 20.0. The van der Waals surface area contributed by atoms with Crippen molar-refractivity contribution in [3.8, 4) is 5.69 Å². The van der Waals surface area contributed by atoms with Crippen LogP contribution in [0.5, 0.6) is 0 Å². The molecule has 2 heterocycles. The maximum absolute atomic E-state index is 13.3. The van der Waals surface area contributed by atoms with E-state index in [0.29, 0.717) is 11.3 Å². The molecule has 0 unspecified atom stereocenters. The lowest BCUT2D eigenvalue weighted by Gasteiger charge is -2.21. The Labute approximate surface area is 161 Å². The zero-order valence-electron chi connectivity index (χ0n) is 15.4. The highest BCUT2D eigenvalue weighted by Gasteiger charge is 2.23. The summed E-state index contributed by atoms with van der Waals surface area (Å²) in [5, 5.41) is 4.10. The summed E-state index contributed by atoms with van der Waals surface area (Å²) >= 11 is 0. The predicted molar refractivity (Wildman–Crippen MR) is 99.1 cm³/mol. The topological polar surface area (TPSA) is 77.3 Å². The average molecular weight is 382 g/mol. The molecule has 7 nitrogen and oxygen atoms in total. The minimum Gasteiger partial charge on any atom is -0.449 e. The number of rotatable bonds is 6. The van der Waals surface area contributed by atoms with Crippen LogP contribution in [0.15, 0.2) is 61.2 Å². The lowest BCUT2D eigenvalue weighted by atomic mass is 10.2. The fourth-order valence-electron chi connectivity index (χ4n) is 2.64. The zero-order valence-corrected chi connectivity index (χ0v) is 15.4. The number of likely N-dealkylation sites (N-methyl/N-ethyl adjacent to an activating group) is 1. The maximum atomic E-state index is 13.3. The highest BCUT2D eigenvalue weighted by atomic mass is 19.1. The molecule has 1 aromatic carbocycles.